The van der Waals surface area contributed by atoms with E-state index in [4.69, 9.17) is 4.74 Å². The van der Waals surface area contributed by atoms with Crippen molar-refractivity contribution in [3.8, 4) is 22.3 Å². The molecule has 0 unspecified atom stereocenters. The summed E-state index contributed by atoms with van der Waals surface area (Å²) in [6.07, 6.45) is 0. The molecule has 0 atom stereocenters. The van der Waals surface area contributed by atoms with Gasteiger partial charge in [-0.15, -0.1) is 0 Å². The second-order valence-corrected chi connectivity index (χ2v) is 14.0. The van der Waals surface area contributed by atoms with Crippen molar-refractivity contribution < 1.29 is 14.3 Å². The minimum absolute atomic E-state index is 0.279. The lowest BCUT2D eigenvalue weighted by molar-refractivity contribution is 0.0444. The van der Waals surface area contributed by atoms with Gasteiger partial charge in [-0.1, -0.05) is 146 Å². The molecule has 9 aromatic rings. The molecule has 0 spiro atoms. The number of ether oxygens (including phenoxy) is 1. The lowest BCUT2D eigenvalue weighted by Gasteiger charge is -2.27. The fourth-order valence-corrected chi connectivity index (χ4v) is 8.25. The number of hydrogen-bond donors (Lipinski definition) is 0. The lowest BCUT2D eigenvalue weighted by atomic mass is 9.86. The maximum absolute atomic E-state index is 13.8. The maximum Gasteiger partial charge on any atom is 0.347 e. The molecule has 0 saturated heterocycles. The smallest absolute Gasteiger partial charge is 0.347 e. The van der Waals surface area contributed by atoms with Gasteiger partial charge in [0.15, 0.2) is 0 Å². The second kappa shape index (κ2) is 14.1. The Morgan fingerprint density at radius 3 is 0.895 bits per heavy atom. The first-order valence-electron chi connectivity index (χ1n) is 18.9. The number of esters is 2. The van der Waals surface area contributed by atoms with E-state index in [-0.39, 0.29) is 11.1 Å². The molecule has 1 heterocycles. The van der Waals surface area contributed by atoms with Gasteiger partial charge in [-0.3, -0.25) is 0 Å². The number of fused-ring (bicyclic) bond motifs is 3. The molecule has 1 aliphatic rings. The molecule has 0 N–H and O–H groups in total. The van der Waals surface area contributed by atoms with E-state index in [1.165, 1.54) is 0 Å². The van der Waals surface area contributed by atoms with Gasteiger partial charge >= 0.3 is 11.9 Å². The van der Waals surface area contributed by atoms with Gasteiger partial charge in [-0.05, 0) is 93.7 Å². The topological polar surface area (TPSA) is 49.9 Å². The van der Waals surface area contributed by atoms with Gasteiger partial charge in [0.05, 0.1) is 22.5 Å². The van der Waals surface area contributed by atoms with Crippen molar-refractivity contribution in [2.24, 2.45) is 0 Å². The van der Waals surface area contributed by atoms with Crippen molar-refractivity contribution >= 4 is 67.6 Å². The van der Waals surface area contributed by atoms with Crippen LogP contribution < -0.4 is 9.80 Å². The number of anilines is 6. The van der Waals surface area contributed by atoms with E-state index in [9.17, 15) is 9.59 Å². The Kier molecular flexibility index (Phi) is 8.38. The van der Waals surface area contributed by atoms with Gasteiger partial charge < -0.3 is 14.5 Å². The first kappa shape index (κ1) is 33.8. The number of carbonyl (C=O) groups is 2. The predicted molar refractivity (Wildman–Crippen MR) is 231 cm³/mol. The summed E-state index contributed by atoms with van der Waals surface area (Å²) in [5.74, 6) is -1.29. The Morgan fingerprint density at radius 1 is 0.281 bits per heavy atom. The molecular weight excluding hydrogens is 701 g/mol. The minimum Gasteiger partial charge on any atom is -0.386 e. The summed E-state index contributed by atoms with van der Waals surface area (Å²) in [6.45, 7) is 0. The SMILES string of the molecule is O=C1OC(=O)c2c(-c3ccc(N(c4ccccc4)c4ccccc4)c4ccccc34)ccc(-c3ccc(N(c4ccccc4)c4ccccc4)c4ccccc34)c21. The van der Waals surface area contributed by atoms with Crippen molar-refractivity contribution in [3.05, 3.63) is 217 Å². The third kappa shape index (κ3) is 5.81. The summed E-state index contributed by atoms with van der Waals surface area (Å²) in [6, 6.07) is 69.8. The molecule has 0 saturated carbocycles. The van der Waals surface area contributed by atoms with Crippen molar-refractivity contribution in [2.45, 2.75) is 0 Å². The van der Waals surface area contributed by atoms with Crippen LogP contribution in [0, 0.1) is 0 Å². The monoisotopic (exact) mass is 734 g/mol. The third-order valence-electron chi connectivity index (χ3n) is 10.7. The Bertz CT molecular complexity index is 2680. The zero-order chi connectivity index (χ0) is 38.3. The molecule has 57 heavy (non-hydrogen) atoms. The number of rotatable bonds is 8. The van der Waals surface area contributed by atoms with E-state index < -0.39 is 11.9 Å². The minimum atomic E-state index is -0.643. The fourth-order valence-electron chi connectivity index (χ4n) is 8.25. The van der Waals surface area contributed by atoms with Crippen molar-refractivity contribution in [1.29, 1.82) is 0 Å². The van der Waals surface area contributed by atoms with Gasteiger partial charge in [0.1, 0.15) is 0 Å². The number of para-hydroxylation sites is 4. The van der Waals surface area contributed by atoms with E-state index in [0.29, 0.717) is 11.1 Å². The van der Waals surface area contributed by atoms with Crippen LogP contribution in [0.15, 0.2) is 206 Å². The van der Waals surface area contributed by atoms with Crippen molar-refractivity contribution in [3.63, 3.8) is 0 Å². The zero-order valence-corrected chi connectivity index (χ0v) is 30.7. The molecular formula is C52H34N2O3. The normalized spacial score (nSPS) is 12.1. The van der Waals surface area contributed by atoms with E-state index in [1.54, 1.807) is 0 Å². The van der Waals surface area contributed by atoms with Crippen LogP contribution >= 0.6 is 0 Å². The molecule has 10 rings (SSSR count). The van der Waals surface area contributed by atoms with Crippen LogP contribution in [0.4, 0.5) is 34.1 Å². The van der Waals surface area contributed by atoms with Crippen LogP contribution in [0.1, 0.15) is 20.7 Å². The first-order chi connectivity index (χ1) is 28.2. The molecule has 5 heteroatoms. The Morgan fingerprint density at radius 2 is 0.561 bits per heavy atom. The summed E-state index contributed by atoms with van der Waals surface area (Å²) in [4.78, 5) is 32.1. The standard InChI is InChI=1S/C52H34N2O3/c55-51-49-45(41-31-33-47(43-27-15-13-25-39(41)43)53(35-17-5-1-6-18-35)36-19-7-2-8-20-36)29-30-46(50(49)52(56)57-51)42-32-34-48(44-28-16-14-26-40(42)44)54(37-21-9-3-10-22-37)38-23-11-4-12-24-38/h1-34H. The quantitative estimate of drug-likeness (QED) is 0.115. The first-order valence-corrected chi connectivity index (χ1v) is 18.9. The molecule has 9 aromatic carbocycles. The molecule has 5 nitrogen and oxygen atoms in total. The van der Waals surface area contributed by atoms with Gasteiger partial charge in [0.25, 0.3) is 0 Å². The maximum atomic E-state index is 13.8. The predicted octanol–water partition coefficient (Wildman–Crippen LogP) is 13.6. The second-order valence-electron chi connectivity index (χ2n) is 14.0. The lowest BCUT2D eigenvalue weighted by Crippen LogP contribution is -2.10. The van der Waals surface area contributed by atoms with Gasteiger partial charge in [0, 0.05) is 33.5 Å². The Hall–Kier alpha value is -7.76. The third-order valence-corrected chi connectivity index (χ3v) is 10.7. The van der Waals surface area contributed by atoms with E-state index in [1.807, 2.05) is 121 Å². The van der Waals surface area contributed by atoms with Crippen LogP contribution in [-0.2, 0) is 4.74 Å². The largest absolute Gasteiger partial charge is 0.386 e. The van der Waals surface area contributed by atoms with Crippen molar-refractivity contribution in [2.75, 3.05) is 9.80 Å². The van der Waals surface area contributed by atoms with E-state index in [2.05, 4.69) is 94.7 Å². The zero-order valence-electron chi connectivity index (χ0n) is 30.7. The summed E-state index contributed by atoms with van der Waals surface area (Å²) in [5, 5.41) is 3.90. The molecule has 0 amide bonds. The summed E-state index contributed by atoms with van der Waals surface area (Å²) in [5.41, 5.74) is 9.61. The molecule has 0 aromatic heterocycles. The summed E-state index contributed by atoms with van der Waals surface area (Å²) in [7, 11) is 0. The molecule has 0 bridgehead atoms. The van der Waals surface area contributed by atoms with Gasteiger partial charge in [0.2, 0.25) is 0 Å². The highest BCUT2D eigenvalue weighted by molar-refractivity contribution is 6.23. The number of benzene rings is 9. The number of carbonyl (C=O) groups excluding carboxylic acids is 2. The Labute approximate surface area is 330 Å². The molecule has 0 aliphatic carbocycles. The average molecular weight is 735 g/mol. The summed E-state index contributed by atoms with van der Waals surface area (Å²) < 4.78 is 5.44. The highest BCUT2D eigenvalue weighted by Crippen LogP contribution is 2.47. The summed E-state index contributed by atoms with van der Waals surface area (Å²) >= 11 is 0. The van der Waals surface area contributed by atoms with Crippen LogP contribution in [0.2, 0.25) is 0 Å². The number of cyclic esters (lactones) is 2. The highest BCUT2D eigenvalue weighted by atomic mass is 16.6. The van der Waals surface area contributed by atoms with Crippen molar-refractivity contribution in [1.82, 2.24) is 0 Å². The molecule has 0 radical (unpaired) electrons. The molecule has 270 valence electrons. The van der Waals surface area contributed by atoms with Gasteiger partial charge in [-0.25, -0.2) is 9.59 Å². The average Bonchev–Trinajstić information content (AvgIpc) is 3.58. The molecule has 0 fully saturated rings. The Balaban J connectivity index is 1.15. The number of hydrogen-bond acceptors (Lipinski definition) is 5. The highest BCUT2D eigenvalue weighted by Gasteiger charge is 2.36. The number of nitrogens with zero attached hydrogens (tertiary/aromatic N) is 2. The van der Waals surface area contributed by atoms with E-state index in [0.717, 1.165) is 66.8 Å². The van der Waals surface area contributed by atoms with Crippen LogP contribution in [0.25, 0.3) is 43.8 Å². The van der Waals surface area contributed by atoms with E-state index >= 15 is 0 Å². The van der Waals surface area contributed by atoms with Crippen LogP contribution in [0.5, 0.6) is 0 Å². The fraction of sp³-hybridized carbons (Fsp3) is 0. The van der Waals surface area contributed by atoms with Crippen LogP contribution in [0.3, 0.4) is 0 Å². The van der Waals surface area contributed by atoms with Crippen LogP contribution in [-0.4, -0.2) is 11.9 Å². The molecule has 1 aliphatic heterocycles. The van der Waals surface area contributed by atoms with Gasteiger partial charge in [-0.2, -0.15) is 0 Å².